The second-order valence-corrected chi connectivity index (χ2v) is 4.57. The van der Waals surface area contributed by atoms with Crippen LogP contribution >= 0.6 is 0 Å². The Kier molecular flexibility index (Phi) is 3.69. The van der Waals surface area contributed by atoms with Gasteiger partial charge in [-0.1, -0.05) is 0 Å². The lowest BCUT2D eigenvalue weighted by Gasteiger charge is -2.31. The Balaban J connectivity index is 2.82. The van der Waals surface area contributed by atoms with Gasteiger partial charge in [0.2, 0.25) is 0 Å². The molecular weight excluding hydrogens is 245 g/mol. The fourth-order valence-electron chi connectivity index (χ4n) is 1.41. The van der Waals surface area contributed by atoms with E-state index in [0.717, 1.165) is 12.8 Å². The first-order valence-electron chi connectivity index (χ1n) is 5.33. The average Bonchev–Trinajstić information content (AvgIpc) is 2.94. The van der Waals surface area contributed by atoms with Gasteiger partial charge < -0.3 is 4.90 Å². The molecule has 7 heteroatoms. The van der Waals surface area contributed by atoms with Gasteiger partial charge in [0, 0.05) is 12.6 Å². The molecule has 1 rings (SSSR count). The molecule has 1 aliphatic rings. The third kappa shape index (κ3) is 3.07. The average molecular weight is 259 g/mol. The molecule has 1 amide bonds. The van der Waals surface area contributed by atoms with Gasteiger partial charge in [-0.2, -0.15) is 22.0 Å². The number of hydrogen-bond donors (Lipinski definition) is 0. The highest BCUT2D eigenvalue weighted by Crippen LogP contribution is 2.38. The van der Waals surface area contributed by atoms with Gasteiger partial charge in [-0.05, 0) is 32.6 Å². The molecule has 0 unspecified atom stereocenters. The molecule has 0 radical (unpaired) electrons. The summed E-state index contributed by atoms with van der Waals surface area (Å²) in [6, 6.07) is -0.670. The van der Waals surface area contributed by atoms with Crippen molar-refractivity contribution in [2.75, 3.05) is 6.54 Å². The summed E-state index contributed by atoms with van der Waals surface area (Å²) >= 11 is 0. The monoisotopic (exact) mass is 259 g/mol. The van der Waals surface area contributed by atoms with E-state index in [4.69, 9.17) is 0 Å². The number of nitrogens with zero attached hydrogens (tertiary/aromatic N) is 1. The predicted octanol–water partition coefficient (Wildman–Crippen LogP) is 2.83. The Morgan fingerprint density at radius 3 is 2.00 bits per heavy atom. The van der Waals surface area contributed by atoms with Crippen molar-refractivity contribution in [1.82, 2.24) is 4.90 Å². The van der Waals surface area contributed by atoms with Crippen LogP contribution in [0.25, 0.3) is 0 Å². The molecule has 0 atom stereocenters. The summed E-state index contributed by atoms with van der Waals surface area (Å²) in [5, 5.41) is 0. The SMILES string of the molecule is CC(C)N(CC1CC1)C(=O)C(F)(F)C(F)(F)F. The maximum absolute atomic E-state index is 12.9. The summed E-state index contributed by atoms with van der Waals surface area (Å²) in [4.78, 5) is 11.9. The van der Waals surface area contributed by atoms with Crippen molar-refractivity contribution < 1.29 is 26.7 Å². The standard InChI is InChI=1S/C10H14F5NO/c1-6(2)16(5-7-3-4-7)8(17)9(11,12)10(13,14)15/h6-7H,3-5H2,1-2H3. The van der Waals surface area contributed by atoms with Crippen molar-refractivity contribution in [2.24, 2.45) is 5.92 Å². The van der Waals surface area contributed by atoms with Gasteiger partial charge in [-0.3, -0.25) is 4.79 Å². The van der Waals surface area contributed by atoms with E-state index in [1.165, 1.54) is 13.8 Å². The molecule has 0 N–H and O–H groups in total. The van der Waals surface area contributed by atoms with Crippen molar-refractivity contribution >= 4 is 5.91 Å². The largest absolute Gasteiger partial charge is 0.463 e. The van der Waals surface area contributed by atoms with Crippen LogP contribution in [-0.4, -0.2) is 35.5 Å². The van der Waals surface area contributed by atoms with E-state index in [1.54, 1.807) is 0 Å². The maximum Gasteiger partial charge on any atom is 0.463 e. The van der Waals surface area contributed by atoms with Crippen molar-refractivity contribution in [3.8, 4) is 0 Å². The molecule has 0 aliphatic heterocycles. The molecule has 1 saturated carbocycles. The first-order chi connectivity index (χ1) is 7.57. The van der Waals surface area contributed by atoms with E-state index in [1.807, 2.05) is 0 Å². The van der Waals surface area contributed by atoms with Crippen molar-refractivity contribution in [1.29, 1.82) is 0 Å². The van der Waals surface area contributed by atoms with E-state index in [9.17, 15) is 26.7 Å². The summed E-state index contributed by atoms with van der Waals surface area (Å²) in [7, 11) is 0. The molecule has 0 saturated heterocycles. The van der Waals surface area contributed by atoms with Gasteiger partial charge in [0.05, 0.1) is 0 Å². The summed E-state index contributed by atoms with van der Waals surface area (Å²) in [5.74, 6) is -7.39. The van der Waals surface area contributed by atoms with Gasteiger partial charge in [0.1, 0.15) is 0 Å². The van der Waals surface area contributed by atoms with E-state index in [-0.39, 0.29) is 12.5 Å². The number of carbonyl (C=O) groups excluding carboxylic acids is 1. The fourth-order valence-corrected chi connectivity index (χ4v) is 1.41. The van der Waals surface area contributed by atoms with E-state index >= 15 is 0 Å². The second kappa shape index (κ2) is 4.42. The van der Waals surface area contributed by atoms with Crippen LogP contribution in [0.1, 0.15) is 26.7 Å². The number of hydrogen-bond acceptors (Lipinski definition) is 1. The molecule has 2 nitrogen and oxygen atoms in total. The summed E-state index contributed by atoms with van der Waals surface area (Å²) in [6.07, 6.45) is -4.29. The topological polar surface area (TPSA) is 20.3 Å². The zero-order valence-electron chi connectivity index (χ0n) is 9.52. The Labute approximate surface area is 95.8 Å². The molecule has 1 aliphatic carbocycles. The summed E-state index contributed by atoms with van der Waals surface area (Å²) in [5.41, 5.74) is 0. The molecule has 1 fully saturated rings. The zero-order chi connectivity index (χ0) is 13.4. The highest BCUT2D eigenvalue weighted by molar-refractivity contribution is 5.84. The highest BCUT2D eigenvalue weighted by atomic mass is 19.4. The number of amides is 1. The molecule has 0 bridgehead atoms. The number of alkyl halides is 5. The zero-order valence-corrected chi connectivity index (χ0v) is 9.52. The Morgan fingerprint density at radius 2 is 1.71 bits per heavy atom. The van der Waals surface area contributed by atoms with Crippen LogP contribution < -0.4 is 0 Å². The lowest BCUT2D eigenvalue weighted by Crippen LogP contribution is -2.54. The minimum absolute atomic E-state index is 0.0256. The molecule has 0 heterocycles. The third-order valence-corrected chi connectivity index (χ3v) is 2.66. The van der Waals surface area contributed by atoms with Gasteiger partial charge >= 0.3 is 18.0 Å². The molecule has 0 aromatic rings. The second-order valence-electron chi connectivity index (χ2n) is 4.57. The van der Waals surface area contributed by atoms with Crippen LogP contribution in [0.2, 0.25) is 0 Å². The van der Waals surface area contributed by atoms with Gasteiger partial charge in [-0.15, -0.1) is 0 Å². The van der Waals surface area contributed by atoms with Crippen LogP contribution in [0.5, 0.6) is 0 Å². The van der Waals surface area contributed by atoms with E-state index < -0.39 is 24.0 Å². The predicted molar refractivity (Wildman–Crippen MR) is 50.6 cm³/mol. The Morgan fingerprint density at radius 1 is 1.24 bits per heavy atom. The normalized spacial score (nSPS) is 17.4. The Bertz CT molecular complexity index is 296. The maximum atomic E-state index is 12.9. The number of carbonyl (C=O) groups is 1. The molecular formula is C10H14F5NO. The van der Waals surface area contributed by atoms with Crippen LogP contribution in [0, 0.1) is 5.92 Å². The number of halogens is 5. The van der Waals surface area contributed by atoms with Crippen molar-refractivity contribution in [3.63, 3.8) is 0 Å². The molecule has 0 aromatic heterocycles. The number of rotatable bonds is 4. The first kappa shape index (κ1) is 14.2. The molecule has 100 valence electrons. The smallest absolute Gasteiger partial charge is 0.334 e. The van der Waals surface area contributed by atoms with E-state index in [2.05, 4.69) is 0 Å². The quantitative estimate of drug-likeness (QED) is 0.711. The van der Waals surface area contributed by atoms with Crippen LogP contribution in [0.15, 0.2) is 0 Å². The summed E-state index contributed by atoms with van der Waals surface area (Å²) < 4.78 is 62.0. The highest BCUT2D eigenvalue weighted by Gasteiger charge is 2.64. The van der Waals surface area contributed by atoms with E-state index in [0.29, 0.717) is 4.90 Å². The molecule has 17 heavy (non-hydrogen) atoms. The van der Waals surface area contributed by atoms with Crippen LogP contribution in [0.3, 0.4) is 0 Å². The first-order valence-corrected chi connectivity index (χ1v) is 5.33. The Hall–Kier alpha value is -0.880. The fraction of sp³-hybridized carbons (Fsp3) is 0.900. The van der Waals surface area contributed by atoms with Crippen LogP contribution in [-0.2, 0) is 4.79 Å². The van der Waals surface area contributed by atoms with Crippen molar-refractivity contribution in [3.05, 3.63) is 0 Å². The van der Waals surface area contributed by atoms with Crippen molar-refractivity contribution in [2.45, 2.75) is 44.8 Å². The third-order valence-electron chi connectivity index (χ3n) is 2.66. The minimum Gasteiger partial charge on any atom is -0.334 e. The molecule has 0 spiro atoms. The minimum atomic E-state index is -5.83. The summed E-state index contributed by atoms with van der Waals surface area (Å²) in [6.45, 7) is 2.82. The molecule has 0 aromatic carbocycles. The van der Waals surface area contributed by atoms with Gasteiger partial charge in [0.25, 0.3) is 0 Å². The lowest BCUT2D eigenvalue weighted by molar-refractivity contribution is -0.275. The van der Waals surface area contributed by atoms with Gasteiger partial charge in [0.15, 0.2) is 0 Å². The lowest BCUT2D eigenvalue weighted by atomic mass is 10.2. The van der Waals surface area contributed by atoms with Gasteiger partial charge in [-0.25, -0.2) is 0 Å². The van der Waals surface area contributed by atoms with Crippen LogP contribution in [0.4, 0.5) is 22.0 Å².